The second-order valence-electron chi connectivity index (χ2n) is 4.39. The van der Waals surface area contributed by atoms with Gasteiger partial charge in [-0.1, -0.05) is 6.07 Å². The van der Waals surface area contributed by atoms with E-state index in [0.29, 0.717) is 5.82 Å². The Kier molecular flexibility index (Phi) is 3.89. The topological polar surface area (TPSA) is 63.8 Å². The molecule has 0 aliphatic rings. The van der Waals surface area contributed by atoms with Gasteiger partial charge in [0.05, 0.1) is 0 Å². The fourth-order valence-corrected chi connectivity index (χ4v) is 2.00. The molecule has 94 valence electrons. The van der Waals surface area contributed by atoms with Crippen molar-refractivity contribution < 1.29 is 0 Å². The first kappa shape index (κ1) is 12.5. The second-order valence-corrected chi connectivity index (χ2v) is 4.39. The third-order valence-corrected chi connectivity index (χ3v) is 2.97. The summed E-state index contributed by atoms with van der Waals surface area (Å²) in [6, 6.07) is 6.25. The summed E-state index contributed by atoms with van der Waals surface area (Å²) in [6.45, 7) is 2.02. The lowest BCUT2D eigenvalue weighted by Gasteiger charge is -2.18. The highest BCUT2D eigenvalue weighted by atomic mass is 14.9. The van der Waals surface area contributed by atoms with E-state index >= 15 is 0 Å². The molecule has 1 unspecified atom stereocenters. The quantitative estimate of drug-likeness (QED) is 0.859. The van der Waals surface area contributed by atoms with Crippen molar-refractivity contribution in [3.05, 3.63) is 53.5 Å². The van der Waals surface area contributed by atoms with Gasteiger partial charge in [0, 0.05) is 30.2 Å². The molecule has 0 saturated carbocycles. The summed E-state index contributed by atoms with van der Waals surface area (Å²) in [5.74, 6) is 0.587. The van der Waals surface area contributed by atoms with Crippen LogP contribution in [-0.2, 0) is 6.42 Å². The monoisotopic (exact) mass is 242 g/mol. The summed E-state index contributed by atoms with van der Waals surface area (Å²) in [6.07, 6.45) is 6.29. The number of aryl methyl sites for hydroxylation is 1. The van der Waals surface area contributed by atoms with E-state index in [0.717, 1.165) is 17.5 Å². The molecule has 18 heavy (non-hydrogen) atoms. The van der Waals surface area contributed by atoms with Crippen LogP contribution in [0.2, 0.25) is 0 Å². The lowest BCUT2D eigenvalue weighted by atomic mass is 9.99. The lowest BCUT2D eigenvalue weighted by molar-refractivity contribution is 0.590. The van der Waals surface area contributed by atoms with Crippen molar-refractivity contribution in [1.29, 1.82) is 0 Å². The number of hydrogen-bond donors (Lipinski definition) is 2. The van der Waals surface area contributed by atoms with Crippen LogP contribution in [-0.4, -0.2) is 17.0 Å². The number of pyridine rings is 2. The molecular weight excluding hydrogens is 224 g/mol. The van der Waals surface area contributed by atoms with E-state index in [9.17, 15) is 0 Å². The van der Waals surface area contributed by atoms with Gasteiger partial charge in [-0.3, -0.25) is 4.98 Å². The van der Waals surface area contributed by atoms with Crippen LogP contribution in [0.1, 0.15) is 22.7 Å². The standard InChI is InChI=1S/C14H18N4/c1-10-6-12(14(15)18-8-10)13(16-2)7-11-4-3-5-17-9-11/h3-6,8-9,13,16H,7H2,1-2H3,(H2,15,18). The molecule has 3 N–H and O–H groups in total. The Morgan fingerprint density at radius 1 is 1.39 bits per heavy atom. The van der Waals surface area contributed by atoms with Crippen molar-refractivity contribution in [2.75, 3.05) is 12.8 Å². The van der Waals surface area contributed by atoms with E-state index in [1.807, 2.05) is 26.2 Å². The molecular formula is C14H18N4. The van der Waals surface area contributed by atoms with Gasteiger partial charge in [0.2, 0.25) is 0 Å². The van der Waals surface area contributed by atoms with Gasteiger partial charge in [-0.2, -0.15) is 0 Å². The molecule has 2 aromatic rings. The number of likely N-dealkylation sites (N-methyl/N-ethyl adjacent to an activating group) is 1. The number of nitrogens with zero attached hydrogens (tertiary/aromatic N) is 2. The van der Waals surface area contributed by atoms with Crippen LogP contribution in [0.4, 0.5) is 5.82 Å². The van der Waals surface area contributed by atoms with E-state index in [4.69, 9.17) is 5.73 Å². The molecule has 0 aromatic carbocycles. The largest absolute Gasteiger partial charge is 0.383 e. The predicted molar refractivity (Wildman–Crippen MR) is 73.1 cm³/mol. The number of nitrogens with one attached hydrogen (secondary N) is 1. The Morgan fingerprint density at radius 3 is 2.89 bits per heavy atom. The summed E-state index contributed by atoms with van der Waals surface area (Å²) < 4.78 is 0. The normalized spacial score (nSPS) is 12.3. The Hall–Kier alpha value is -1.94. The van der Waals surface area contributed by atoms with Crippen molar-refractivity contribution in [1.82, 2.24) is 15.3 Å². The van der Waals surface area contributed by atoms with Gasteiger partial charge in [0.1, 0.15) is 5.82 Å². The second kappa shape index (κ2) is 5.60. The number of hydrogen-bond acceptors (Lipinski definition) is 4. The van der Waals surface area contributed by atoms with Gasteiger partial charge in [-0.25, -0.2) is 4.98 Å². The number of nitrogens with two attached hydrogens (primary N) is 1. The van der Waals surface area contributed by atoms with E-state index in [1.165, 1.54) is 5.56 Å². The van der Waals surface area contributed by atoms with Gasteiger partial charge < -0.3 is 11.1 Å². The van der Waals surface area contributed by atoms with Gasteiger partial charge in [-0.05, 0) is 43.7 Å². The maximum Gasteiger partial charge on any atom is 0.128 e. The van der Waals surface area contributed by atoms with Crippen molar-refractivity contribution in [3.63, 3.8) is 0 Å². The molecule has 2 rings (SSSR count). The molecule has 4 nitrogen and oxygen atoms in total. The third kappa shape index (κ3) is 2.84. The van der Waals surface area contributed by atoms with Gasteiger partial charge in [0.15, 0.2) is 0 Å². The van der Waals surface area contributed by atoms with E-state index in [-0.39, 0.29) is 6.04 Å². The van der Waals surface area contributed by atoms with Crippen LogP contribution in [0.25, 0.3) is 0 Å². The minimum absolute atomic E-state index is 0.154. The van der Waals surface area contributed by atoms with Crippen LogP contribution in [0.3, 0.4) is 0 Å². The summed E-state index contributed by atoms with van der Waals surface area (Å²) >= 11 is 0. The van der Waals surface area contributed by atoms with Crippen LogP contribution in [0.5, 0.6) is 0 Å². The smallest absolute Gasteiger partial charge is 0.128 e. The minimum Gasteiger partial charge on any atom is -0.383 e. The zero-order valence-electron chi connectivity index (χ0n) is 10.7. The average Bonchev–Trinajstić information content (AvgIpc) is 2.40. The summed E-state index contributed by atoms with van der Waals surface area (Å²) in [5, 5.41) is 3.29. The number of anilines is 1. The summed E-state index contributed by atoms with van der Waals surface area (Å²) in [4.78, 5) is 8.34. The Balaban J connectivity index is 2.26. The van der Waals surface area contributed by atoms with Gasteiger partial charge >= 0.3 is 0 Å². The number of rotatable bonds is 4. The molecule has 0 amide bonds. The zero-order valence-corrected chi connectivity index (χ0v) is 10.7. The molecule has 0 spiro atoms. The Bertz CT molecular complexity index is 510. The van der Waals surface area contributed by atoms with Crippen molar-refractivity contribution in [2.45, 2.75) is 19.4 Å². The third-order valence-electron chi connectivity index (χ3n) is 2.97. The maximum absolute atomic E-state index is 5.95. The first-order chi connectivity index (χ1) is 8.70. The van der Waals surface area contributed by atoms with Crippen LogP contribution in [0, 0.1) is 6.92 Å². The molecule has 0 aliphatic carbocycles. The highest BCUT2D eigenvalue weighted by Crippen LogP contribution is 2.22. The average molecular weight is 242 g/mol. The SMILES string of the molecule is CNC(Cc1cccnc1)c1cc(C)cnc1N. The Labute approximate surface area is 107 Å². The molecule has 4 heteroatoms. The van der Waals surface area contributed by atoms with Crippen molar-refractivity contribution in [2.24, 2.45) is 0 Å². The predicted octanol–water partition coefficient (Wildman–Crippen LogP) is 1.87. The van der Waals surface area contributed by atoms with Crippen molar-refractivity contribution in [3.8, 4) is 0 Å². The molecule has 0 radical (unpaired) electrons. The number of aromatic nitrogens is 2. The first-order valence-electron chi connectivity index (χ1n) is 5.99. The molecule has 2 heterocycles. The van der Waals surface area contributed by atoms with E-state index < -0.39 is 0 Å². The van der Waals surface area contributed by atoms with E-state index in [2.05, 4.69) is 27.4 Å². The highest BCUT2D eigenvalue weighted by molar-refractivity contribution is 5.43. The molecule has 0 bridgehead atoms. The van der Waals surface area contributed by atoms with Crippen LogP contribution < -0.4 is 11.1 Å². The first-order valence-corrected chi connectivity index (χ1v) is 5.99. The fraction of sp³-hybridized carbons (Fsp3) is 0.286. The summed E-state index contributed by atoms with van der Waals surface area (Å²) in [5.41, 5.74) is 9.29. The Morgan fingerprint density at radius 2 is 2.22 bits per heavy atom. The zero-order chi connectivity index (χ0) is 13.0. The lowest BCUT2D eigenvalue weighted by Crippen LogP contribution is -2.20. The minimum atomic E-state index is 0.154. The molecule has 0 aliphatic heterocycles. The van der Waals surface area contributed by atoms with Crippen molar-refractivity contribution >= 4 is 5.82 Å². The fourth-order valence-electron chi connectivity index (χ4n) is 2.00. The van der Waals surface area contributed by atoms with Crippen LogP contribution >= 0.6 is 0 Å². The van der Waals surface area contributed by atoms with Gasteiger partial charge in [0.25, 0.3) is 0 Å². The summed E-state index contributed by atoms with van der Waals surface area (Å²) in [7, 11) is 1.93. The van der Waals surface area contributed by atoms with E-state index in [1.54, 1.807) is 12.4 Å². The molecule has 2 aromatic heterocycles. The van der Waals surface area contributed by atoms with Crippen LogP contribution in [0.15, 0.2) is 36.8 Å². The van der Waals surface area contributed by atoms with Gasteiger partial charge in [-0.15, -0.1) is 0 Å². The maximum atomic E-state index is 5.95. The number of nitrogen functional groups attached to an aromatic ring is 1. The molecule has 0 fully saturated rings. The molecule has 0 saturated heterocycles. The molecule has 1 atom stereocenters. The highest BCUT2D eigenvalue weighted by Gasteiger charge is 2.14.